The van der Waals surface area contributed by atoms with Gasteiger partial charge in [0.05, 0.1) is 5.69 Å². The molecule has 0 bridgehead atoms. The molecule has 0 aliphatic heterocycles. The van der Waals surface area contributed by atoms with Gasteiger partial charge < -0.3 is 5.32 Å². The van der Waals surface area contributed by atoms with Crippen molar-refractivity contribution in [3.63, 3.8) is 0 Å². The van der Waals surface area contributed by atoms with Gasteiger partial charge in [-0.05, 0) is 24.1 Å². The van der Waals surface area contributed by atoms with Gasteiger partial charge in [-0.2, -0.15) is 0 Å². The van der Waals surface area contributed by atoms with Crippen molar-refractivity contribution in [2.24, 2.45) is 0 Å². The van der Waals surface area contributed by atoms with Crippen molar-refractivity contribution >= 4 is 5.91 Å². The Morgan fingerprint density at radius 3 is 2.57 bits per heavy atom. The van der Waals surface area contributed by atoms with E-state index in [2.05, 4.69) is 36.1 Å². The number of aryl methyl sites for hydroxylation is 1. The molecule has 1 aromatic carbocycles. The van der Waals surface area contributed by atoms with E-state index in [1.807, 2.05) is 0 Å². The Hall–Kier alpha value is -2.30. The van der Waals surface area contributed by atoms with E-state index in [0.717, 1.165) is 16.8 Å². The minimum Gasteiger partial charge on any atom is -0.352 e. The summed E-state index contributed by atoms with van der Waals surface area (Å²) in [5, 5.41) is 2.90. The van der Waals surface area contributed by atoms with Gasteiger partial charge in [0, 0.05) is 30.1 Å². The fraction of sp³-hybridized carbons (Fsp3) is 0.389. The second-order valence-corrected chi connectivity index (χ2v) is 6.55. The van der Waals surface area contributed by atoms with Crippen LogP contribution < -0.4 is 5.32 Å². The van der Waals surface area contributed by atoms with Crippen LogP contribution in [0.1, 0.15) is 44.0 Å². The van der Waals surface area contributed by atoms with Crippen LogP contribution >= 0.6 is 0 Å². The molecule has 1 heterocycles. The van der Waals surface area contributed by atoms with E-state index < -0.39 is 0 Å². The molecule has 2 aromatic rings. The number of carbonyl (C=O) groups excluding carboxylic acids is 1. The van der Waals surface area contributed by atoms with Gasteiger partial charge in [0.2, 0.25) is 5.91 Å². The van der Waals surface area contributed by atoms with Crippen LogP contribution in [0.5, 0.6) is 0 Å². The highest BCUT2D eigenvalue weighted by molar-refractivity contribution is 5.76. The van der Waals surface area contributed by atoms with Crippen LogP contribution in [0, 0.1) is 5.82 Å². The van der Waals surface area contributed by atoms with Crippen molar-refractivity contribution in [3.8, 4) is 0 Å². The minimum atomic E-state index is -0.267. The Morgan fingerprint density at radius 1 is 1.22 bits per heavy atom. The fourth-order valence-electron chi connectivity index (χ4n) is 2.35. The highest BCUT2D eigenvalue weighted by Crippen LogP contribution is 2.22. The lowest BCUT2D eigenvalue weighted by atomic mass is 9.89. The number of benzene rings is 1. The van der Waals surface area contributed by atoms with E-state index >= 15 is 0 Å². The molecule has 2 rings (SSSR count). The summed E-state index contributed by atoms with van der Waals surface area (Å²) in [6.45, 7) is 6.65. The molecule has 0 saturated heterocycles. The molecule has 0 atom stereocenters. The van der Waals surface area contributed by atoms with E-state index in [4.69, 9.17) is 0 Å². The van der Waals surface area contributed by atoms with Gasteiger partial charge in [0.25, 0.3) is 0 Å². The Labute approximate surface area is 136 Å². The highest BCUT2D eigenvalue weighted by Gasteiger charge is 2.19. The molecule has 5 heteroatoms. The first-order valence-electron chi connectivity index (χ1n) is 7.67. The van der Waals surface area contributed by atoms with E-state index in [1.165, 1.54) is 18.5 Å². The van der Waals surface area contributed by atoms with Gasteiger partial charge in [-0.15, -0.1) is 0 Å². The number of amides is 1. The molecular weight excluding hydrogens is 293 g/mol. The molecule has 0 aliphatic rings. The minimum absolute atomic E-state index is 0.0435. The van der Waals surface area contributed by atoms with Crippen molar-refractivity contribution in [2.45, 2.75) is 45.6 Å². The van der Waals surface area contributed by atoms with Crippen LogP contribution in [0.15, 0.2) is 36.8 Å². The first-order valence-corrected chi connectivity index (χ1v) is 7.67. The number of hydrogen-bond donors (Lipinski definition) is 1. The van der Waals surface area contributed by atoms with Crippen LogP contribution in [0.25, 0.3) is 0 Å². The molecule has 0 fully saturated rings. The summed E-state index contributed by atoms with van der Waals surface area (Å²) in [6.07, 6.45) is 4.22. The van der Waals surface area contributed by atoms with Crippen molar-refractivity contribution < 1.29 is 9.18 Å². The van der Waals surface area contributed by atoms with Crippen LogP contribution in [0.2, 0.25) is 0 Å². The first kappa shape index (κ1) is 17.1. The second kappa shape index (κ2) is 7.31. The van der Waals surface area contributed by atoms with Crippen LogP contribution in [-0.4, -0.2) is 15.9 Å². The van der Waals surface area contributed by atoms with Gasteiger partial charge in [-0.3, -0.25) is 4.79 Å². The van der Waals surface area contributed by atoms with E-state index in [-0.39, 0.29) is 17.1 Å². The normalized spacial score (nSPS) is 11.3. The molecule has 1 aromatic heterocycles. The molecule has 122 valence electrons. The summed E-state index contributed by atoms with van der Waals surface area (Å²) in [5.41, 5.74) is 2.71. The molecule has 0 radical (unpaired) electrons. The maximum atomic E-state index is 12.8. The molecule has 1 amide bonds. The number of carbonyl (C=O) groups is 1. The maximum absolute atomic E-state index is 12.8. The summed E-state index contributed by atoms with van der Waals surface area (Å²) in [6, 6.07) is 6.21. The zero-order valence-electron chi connectivity index (χ0n) is 13.8. The van der Waals surface area contributed by atoms with Crippen molar-refractivity contribution in [1.29, 1.82) is 0 Å². The molecule has 0 aliphatic carbocycles. The lowest BCUT2D eigenvalue weighted by molar-refractivity contribution is -0.121. The Morgan fingerprint density at radius 2 is 1.91 bits per heavy atom. The maximum Gasteiger partial charge on any atom is 0.220 e. The number of halogens is 1. The van der Waals surface area contributed by atoms with Crippen molar-refractivity contribution in [1.82, 2.24) is 15.3 Å². The quantitative estimate of drug-likeness (QED) is 0.922. The predicted molar refractivity (Wildman–Crippen MR) is 87.3 cm³/mol. The molecule has 4 nitrogen and oxygen atoms in total. The summed E-state index contributed by atoms with van der Waals surface area (Å²) < 4.78 is 12.8. The third kappa shape index (κ3) is 5.13. The molecule has 1 N–H and O–H groups in total. The van der Waals surface area contributed by atoms with Gasteiger partial charge in [0.15, 0.2) is 0 Å². The van der Waals surface area contributed by atoms with Crippen LogP contribution in [0.3, 0.4) is 0 Å². The average Bonchev–Trinajstić information content (AvgIpc) is 2.52. The van der Waals surface area contributed by atoms with Gasteiger partial charge >= 0.3 is 0 Å². The third-order valence-corrected chi connectivity index (χ3v) is 3.53. The van der Waals surface area contributed by atoms with Gasteiger partial charge in [-0.25, -0.2) is 14.4 Å². The SMILES string of the molecule is CC(C)(C)c1ncncc1CNC(=O)CCc1ccc(F)cc1. The summed E-state index contributed by atoms with van der Waals surface area (Å²) in [4.78, 5) is 20.4. The summed E-state index contributed by atoms with van der Waals surface area (Å²) in [7, 11) is 0. The van der Waals surface area contributed by atoms with Gasteiger partial charge in [0.1, 0.15) is 12.1 Å². The molecule has 0 unspecified atom stereocenters. The van der Waals surface area contributed by atoms with E-state index in [1.54, 1.807) is 18.3 Å². The Bertz CT molecular complexity index is 663. The topological polar surface area (TPSA) is 54.9 Å². The third-order valence-electron chi connectivity index (χ3n) is 3.53. The zero-order valence-corrected chi connectivity index (χ0v) is 13.8. The van der Waals surface area contributed by atoms with Crippen LogP contribution in [-0.2, 0) is 23.2 Å². The highest BCUT2D eigenvalue weighted by atomic mass is 19.1. The number of rotatable bonds is 5. The second-order valence-electron chi connectivity index (χ2n) is 6.55. The fourth-order valence-corrected chi connectivity index (χ4v) is 2.35. The standard InChI is InChI=1S/C18H22FN3O/c1-18(2,3)17-14(10-20-12-22-17)11-21-16(23)9-6-13-4-7-15(19)8-5-13/h4-5,7-8,10,12H,6,9,11H2,1-3H3,(H,21,23). The van der Waals surface area contributed by atoms with Gasteiger partial charge in [-0.1, -0.05) is 32.9 Å². The molecule has 0 spiro atoms. The number of nitrogens with zero attached hydrogens (tertiary/aromatic N) is 2. The lowest BCUT2D eigenvalue weighted by Gasteiger charge is -2.21. The zero-order chi connectivity index (χ0) is 16.9. The largest absolute Gasteiger partial charge is 0.352 e. The van der Waals surface area contributed by atoms with Crippen molar-refractivity contribution in [2.75, 3.05) is 0 Å². The number of nitrogens with one attached hydrogen (secondary N) is 1. The Kier molecular flexibility index (Phi) is 5.42. The molecule has 0 saturated carbocycles. The Balaban J connectivity index is 1.89. The van der Waals surface area contributed by atoms with Crippen molar-refractivity contribution in [3.05, 3.63) is 59.4 Å². The lowest BCUT2D eigenvalue weighted by Crippen LogP contribution is -2.26. The summed E-state index contributed by atoms with van der Waals surface area (Å²) >= 11 is 0. The first-order chi connectivity index (χ1) is 10.9. The van der Waals surface area contributed by atoms with E-state index in [9.17, 15) is 9.18 Å². The monoisotopic (exact) mass is 315 g/mol. The average molecular weight is 315 g/mol. The molecule has 23 heavy (non-hydrogen) atoms. The number of hydrogen-bond acceptors (Lipinski definition) is 3. The predicted octanol–water partition coefficient (Wildman–Crippen LogP) is 3.16. The van der Waals surface area contributed by atoms with Crippen LogP contribution in [0.4, 0.5) is 4.39 Å². The van der Waals surface area contributed by atoms with E-state index in [0.29, 0.717) is 19.4 Å². The smallest absolute Gasteiger partial charge is 0.220 e. The molecular formula is C18H22FN3O. The number of aromatic nitrogens is 2. The summed E-state index contributed by atoms with van der Waals surface area (Å²) in [5.74, 6) is -0.310.